The van der Waals surface area contributed by atoms with Crippen molar-refractivity contribution in [2.24, 2.45) is 11.7 Å². The lowest BCUT2D eigenvalue weighted by atomic mass is 10.3. The molecule has 4 N–H and O–H groups in total. The predicted molar refractivity (Wildman–Crippen MR) is 57.0 cm³/mol. The van der Waals surface area contributed by atoms with Gasteiger partial charge in [-0.15, -0.1) is 0 Å². The fourth-order valence-corrected chi connectivity index (χ4v) is 1.23. The van der Waals surface area contributed by atoms with Crippen molar-refractivity contribution in [3.05, 3.63) is 0 Å². The highest BCUT2D eigenvalue weighted by atomic mass is 16.2. The minimum atomic E-state index is 0.00104. The zero-order chi connectivity index (χ0) is 11.1. The van der Waals surface area contributed by atoms with Gasteiger partial charge in [-0.3, -0.25) is 9.59 Å². The molecule has 0 bridgehead atoms. The summed E-state index contributed by atoms with van der Waals surface area (Å²) in [7, 11) is 0. The van der Waals surface area contributed by atoms with Gasteiger partial charge in [0.05, 0.1) is 0 Å². The van der Waals surface area contributed by atoms with Gasteiger partial charge in [-0.25, -0.2) is 0 Å². The van der Waals surface area contributed by atoms with Gasteiger partial charge in [0.1, 0.15) is 0 Å². The summed E-state index contributed by atoms with van der Waals surface area (Å²) < 4.78 is 0. The van der Waals surface area contributed by atoms with Crippen molar-refractivity contribution in [1.82, 2.24) is 10.6 Å². The number of amides is 2. The van der Waals surface area contributed by atoms with Gasteiger partial charge in [-0.1, -0.05) is 0 Å². The lowest BCUT2D eigenvalue weighted by Crippen LogP contribution is -2.35. The fraction of sp³-hybridized carbons (Fsp3) is 0.800. The first-order valence-corrected chi connectivity index (χ1v) is 5.48. The molecular weight excluding hydrogens is 194 g/mol. The van der Waals surface area contributed by atoms with E-state index in [0.717, 1.165) is 12.8 Å². The summed E-state index contributed by atoms with van der Waals surface area (Å²) in [6.45, 7) is 1.55. The molecule has 0 atom stereocenters. The van der Waals surface area contributed by atoms with Crippen molar-refractivity contribution in [2.45, 2.75) is 25.7 Å². The second kappa shape index (κ2) is 6.40. The Kier molecular flexibility index (Phi) is 5.10. The number of hydrogen-bond donors (Lipinski definition) is 3. The normalized spacial score (nSPS) is 14.7. The van der Waals surface area contributed by atoms with Gasteiger partial charge in [0.25, 0.3) is 0 Å². The molecule has 86 valence electrons. The molecule has 0 spiro atoms. The topological polar surface area (TPSA) is 84.2 Å². The maximum Gasteiger partial charge on any atom is 0.223 e. The molecule has 0 heterocycles. The Labute approximate surface area is 89.8 Å². The number of rotatable bonds is 7. The molecule has 0 radical (unpaired) electrons. The molecule has 1 rings (SSSR count). The highest BCUT2D eigenvalue weighted by molar-refractivity contribution is 5.81. The van der Waals surface area contributed by atoms with Crippen LogP contribution in [0.15, 0.2) is 0 Å². The molecular formula is C10H19N3O2. The molecule has 0 aromatic rings. The summed E-state index contributed by atoms with van der Waals surface area (Å²) in [6, 6.07) is 0. The zero-order valence-corrected chi connectivity index (χ0v) is 8.92. The maximum atomic E-state index is 11.2. The van der Waals surface area contributed by atoms with E-state index in [-0.39, 0.29) is 17.7 Å². The van der Waals surface area contributed by atoms with Crippen LogP contribution in [0.1, 0.15) is 25.7 Å². The van der Waals surface area contributed by atoms with E-state index in [4.69, 9.17) is 5.73 Å². The third-order valence-electron chi connectivity index (χ3n) is 2.30. The van der Waals surface area contributed by atoms with Crippen LogP contribution in [-0.2, 0) is 9.59 Å². The van der Waals surface area contributed by atoms with Gasteiger partial charge in [0, 0.05) is 25.4 Å². The van der Waals surface area contributed by atoms with Crippen LogP contribution >= 0.6 is 0 Å². The van der Waals surface area contributed by atoms with Gasteiger partial charge in [-0.2, -0.15) is 0 Å². The Hall–Kier alpha value is -1.10. The first kappa shape index (κ1) is 12.0. The second-order valence-electron chi connectivity index (χ2n) is 3.81. The van der Waals surface area contributed by atoms with E-state index < -0.39 is 0 Å². The number of nitrogens with one attached hydrogen (secondary N) is 2. The quantitative estimate of drug-likeness (QED) is 0.492. The lowest BCUT2D eigenvalue weighted by molar-refractivity contribution is -0.123. The van der Waals surface area contributed by atoms with E-state index >= 15 is 0 Å². The van der Waals surface area contributed by atoms with E-state index in [1.165, 1.54) is 0 Å². The second-order valence-corrected chi connectivity index (χ2v) is 3.81. The van der Waals surface area contributed by atoms with Crippen LogP contribution in [-0.4, -0.2) is 31.4 Å². The van der Waals surface area contributed by atoms with E-state index in [0.29, 0.717) is 32.5 Å². The molecule has 1 aliphatic carbocycles. The predicted octanol–water partition coefficient (Wildman–Crippen LogP) is -0.632. The third kappa shape index (κ3) is 5.37. The summed E-state index contributed by atoms with van der Waals surface area (Å²) in [5, 5.41) is 5.50. The molecule has 0 aliphatic heterocycles. The van der Waals surface area contributed by atoms with Crippen LogP contribution < -0.4 is 16.4 Å². The van der Waals surface area contributed by atoms with Crippen molar-refractivity contribution in [3.63, 3.8) is 0 Å². The van der Waals surface area contributed by atoms with E-state index in [9.17, 15) is 9.59 Å². The lowest BCUT2D eigenvalue weighted by Gasteiger charge is -2.06. The molecule has 0 aromatic heterocycles. The first-order chi connectivity index (χ1) is 7.24. The van der Waals surface area contributed by atoms with Crippen LogP contribution in [0.4, 0.5) is 0 Å². The standard InChI is InChI=1S/C10H19N3O2/c11-5-1-2-9(14)12-6-7-13-10(15)8-3-4-8/h8H,1-7,11H2,(H,12,14)(H,13,15). The number of nitrogens with two attached hydrogens (primary N) is 1. The number of carbonyl (C=O) groups is 2. The Morgan fingerprint density at radius 1 is 1.20 bits per heavy atom. The van der Waals surface area contributed by atoms with Crippen molar-refractivity contribution >= 4 is 11.8 Å². The molecule has 1 fully saturated rings. The molecule has 5 nitrogen and oxygen atoms in total. The van der Waals surface area contributed by atoms with Gasteiger partial charge < -0.3 is 16.4 Å². The Morgan fingerprint density at radius 2 is 1.87 bits per heavy atom. The first-order valence-electron chi connectivity index (χ1n) is 5.48. The average molecular weight is 213 g/mol. The summed E-state index contributed by atoms with van der Waals surface area (Å²) in [4.78, 5) is 22.3. The van der Waals surface area contributed by atoms with Gasteiger partial charge in [-0.05, 0) is 25.8 Å². The Morgan fingerprint density at radius 3 is 2.47 bits per heavy atom. The molecule has 1 saturated carbocycles. The number of hydrogen-bond acceptors (Lipinski definition) is 3. The van der Waals surface area contributed by atoms with Gasteiger partial charge in [0.15, 0.2) is 0 Å². The molecule has 2 amide bonds. The van der Waals surface area contributed by atoms with Crippen LogP contribution in [0.5, 0.6) is 0 Å². The van der Waals surface area contributed by atoms with Crippen LogP contribution in [0.3, 0.4) is 0 Å². The summed E-state index contributed by atoms with van der Waals surface area (Å²) in [6.07, 6.45) is 3.19. The smallest absolute Gasteiger partial charge is 0.223 e. The van der Waals surface area contributed by atoms with Crippen molar-refractivity contribution in [2.75, 3.05) is 19.6 Å². The highest BCUT2D eigenvalue weighted by Gasteiger charge is 2.28. The SMILES string of the molecule is NCCCC(=O)NCCNC(=O)C1CC1. The van der Waals surface area contributed by atoms with Crippen molar-refractivity contribution in [3.8, 4) is 0 Å². The van der Waals surface area contributed by atoms with Crippen LogP contribution in [0.25, 0.3) is 0 Å². The molecule has 1 aliphatic rings. The number of carbonyl (C=O) groups excluding carboxylic acids is 2. The molecule has 0 unspecified atom stereocenters. The zero-order valence-electron chi connectivity index (χ0n) is 8.92. The Balaban J connectivity index is 1.91. The van der Waals surface area contributed by atoms with Gasteiger partial charge >= 0.3 is 0 Å². The van der Waals surface area contributed by atoms with E-state index in [1.807, 2.05) is 0 Å². The summed E-state index contributed by atoms with van der Waals surface area (Å²) >= 11 is 0. The summed E-state index contributed by atoms with van der Waals surface area (Å²) in [5.74, 6) is 0.352. The van der Waals surface area contributed by atoms with Crippen LogP contribution in [0.2, 0.25) is 0 Å². The average Bonchev–Trinajstić information content (AvgIpc) is 3.04. The molecule has 0 saturated heterocycles. The van der Waals surface area contributed by atoms with Crippen LogP contribution in [0, 0.1) is 5.92 Å². The Bertz CT molecular complexity index is 227. The maximum absolute atomic E-state index is 11.2. The van der Waals surface area contributed by atoms with Crippen molar-refractivity contribution in [1.29, 1.82) is 0 Å². The van der Waals surface area contributed by atoms with E-state index in [1.54, 1.807) is 0 Å². The van der Waals surface area contributed by atoms with Crippen molar-refractivity contribution < 1.29 is 9.59 Å². The third-order valence-corrected chi connectivity index (χ3v) is 2.30. The molecule has 15 heavy (non-hydrogen) atoms. The highest BCUT2D eigenvalue weighted by Crippen LogP contribution is 2.28. The largest absolute Gasteiger partial charge is 0.354 e. The fourth-order valence-electron chi connectivity index (χ4n) is 1.23. The monoisotopic (exact) mass is 213 g/mol. The molecule has 0 aromatic carbocycles. The van der Waals surface area contributed by atoms with E-state index in [2.05, 4.69) is 10.6 Å². The summed E-state index contributed by atoms with van der Waals surface area (Å²) in [5.41, 5.74) is 5.27. The minimum absolute atomic E-state index is 0.00104. The van der Waals surface area contributed by atoms with Gasteiger partial charge in [0.2, 0.25) is 11.8 Å². The molecule has 5 heteroatoms. The minimum Gasteiger partial charge on any atom is -0.354 e.